The first kappa shape index (κ1) is 22.4. The average Bonchev–Trinajstić information content (AvgIpc) is 3.38. The summed E-state index contributed by atoms with van der Waals surface area (Å²) >= 11 is 0. The van der Waals surface area contributed by atoms with Gasteiger partial charge in [0.2, 0.25) is 0 Å². The molecule has 1 saturated carbocycles. The molecule has 8 nitrogen and oxygen atoms in total. The van der Waals surface area contributed by atoms with E-state index in [2.05, 4.69) is 34.9 Å². The first-order valence-electron chi connectivity index (χ1n) is 11.7. The van der Waals surface area contributed by atoms with Gasteiger partial charge in [-0.05, 0) is 47.9 Å². The predicted octanol–water partition coefficient (Wildman–Crippen LogP) is 3.20. The molecule has 5 rings (SSSR count). The normalized spacial score (nSPS) is 22.2. The van der Waals surface area contributed by atoms with Crippen LogP contribution in [0.5, 0.6) is 0 Å². The largest absolute Gasteiger partial charge is 0.481 e. The van der Waals surface area contributed by atoms with Crippen molar-refractivity contribution in [3.63, 3.8) is 0 Å². The molecule has 3 aliphatic rings. The topological polar surface area (TPSA) is 114 Å². The number of aliphatic carboxylic acids is 1. The van der Waals surface area contributed by atoms with E-state index in [1.54, 1.807) is 0 Å². The number of carbonyl (C=O) groups is 3. The van der Waals surface area contributed by atoms with Crippen LogP contribution >= 0.6 is 0 Å². The van der Waals surface area contributed by atoms with Gasteiger partial charge < -0.3 is 25.2 Å². The molecule has 0 aromatic heterocycles. The Labute approximate surface area is 197 Å². The molecule has 0 spiro atoms. The summed E-state index contributed by atoms with van der Waals surface area (Å²) < 4.78 is 11.2. The van der Waals surface area contributed by atoms with Crippen LogP contribution in [-0.4, -0.2) is 54.0 Å². The highest BCUT2D eigenvalue weighted by Gasteiger charge is 2.44. The van der Waals surface area contributed by atoms with Crippen molar-refractivity contribution < 1.29 is 29.0 Å². The molecule has 0 bridgehead atoms. The highest BCUT2D eigenvalue weighted by atomic mass is 16.6. The maximum atomic E-state index is 12.8. The molecule has 1 aliphatic heterocycles. The Morgan fingerprint density at radius 1 is 1.03 bits per heavy atom. The van der Waals surface area contributed by atoms with Crippen LogP contribution < -0.4 is 10.6 Å². The Balaban J connectivity index is 1.20. The number of hydrogen-bond donors (Lipinski definition) is 3. The number of hydrogen-bond acceptors (Lipinski definition) is 5. The second-order valence-corrected chi connectivity index (χ2v) is 9.35. The van der Waals surface area contributed by atoms with Crippen molar-refractivity contribution in [2.45, 2.75) is 55.7 Å². The molecule has 2 aromatic carbocycles. The second-order valence-electron chi connectivity index (χ2n) is 9.35. The summed E-state index contributed by atoms with van der Waals surface area (Å²) in [5.74, 6) is -1.38. The van der Waals surface area contributed by atoms with Crippen LogP contribution in [0.4, 0.5) is 4.79 Å². The lowest BCUT2D eigenvalue weighted by molar-refractivity contribution is -0.141. The molecule has 0 radical (unpaired) electrons. The van der Waals surface area contributed by atoms with E-state index in [-0.39, 0.29) is 24.9 Å². The van der Waals surface area contributed by atoms with Crippen LogP contribution in [0.1, 0.15) is 49.1 Å². The zero-order valence-electron chi connectivity index (χ0n) is 18.8. The fourth-order valence-corrected chi connectivity index (χ4v) is 5.36. The number of amides is 2. The minimum Gasteiger partial charge on any atom is -0.481 e. The Hall–Kier alpha value is -3.39. The predicted molar refractivity (Wildman–Crippen MR) is 123 cm³/mol. The highest BCUT2D eigenvalue weighted by molar-refractivity contribution is 5.84. The minimum atomic E-state index is -0.944. The summed E-state index contributed by atoms with van der Waals surface area (Å²) in [5.41, 5.74) is 3.84. The molecular formula is C26H28N2O6. The monoisotopic (exact) mass is 464 g/mol. The van der Waals surface area contributed by atoms with Gasteiger partial charge in [-0.3, -0.25) is 9.59 Å². The summed E-state index contributed by atoms with van der Waals surface area (Å²) in [6, 6.07) is 15.7. The van der Waals surface area contributed by atoms with Gasteiger partial charge in [-0.1, -0.05) is 48.5 Å². The molecule has 1 heterocycles. The molecule has 8 heteroatoms. The third kappa shape index (κ3) is 4.25. The van der Waals surface area contributed by atoms with Crippen molar-refractivity contribution in [3.8, 4) is 11.1 Å². The third-order valence-electron chi connectivity index (χ3n) is 7.19. The lowest BCUT2D eigenvalue weighted by Gasteiger charge is -2.42. The smallest absolute Gasteiger partial charge is 0.407 e. The van der Waals surface area contributed by atoms with Gasteiger partial charge in [0.05, 0.1) is 18.0 Å². The number of benzene rings is 2. The summed E-state index contributed by atoms with van der Waals surface area (Å²) in [4.78, 5) is 36.7. The lowest BCUT2D eigenvalue weighted by Crippen LogP contribution is -2.59. The fraction of sp³-hybridized carbons (Fsp3) is 0.423. The Morgan fingerprint density at radius 2 is 1.68 bits per heavy atom. The number of ether oxygens (including phenoxy) is 2. The van der Waals surface area contributed by atoms with Gasteiger partial charge in [-0.25, -0.2) is 4.79 Å². The summed E-state index contributed by atoms with van der Waals surface area (Å²) in [6.45, 7) is 0.518. The molecule has 0 unspecified atom stereocenters. The van der Waals surface area contributed by atoms with Crippen molar-refractivity contribution in [1.29, 1.82) is 0 Å². The van der Waals surface area contributed by atoms with Crippen LogP contribution in [-0.2, 0) is 19.1 Å². The number of alkyl carbamates (subject to hydrolysis) is 1. The van der Waals surface area contributed by atoms with E-state index in [0.717, 1.165) is 28.7 Å². The van der Waals surface area contributed by atoms with Crippen molar-refractivity contribution in [2.24, 2.45) is 0 Å². The number of carboxylic acid groups (broad SMARTS) is 1. The molecule has 2 atom stereocenters. The van der Waals surface area contributed by atoms with Crippen LogP contribution in [0.3, 0.4) is 0 Å². The number of fused-ring (bicyclic) bond motifs is 3. The van der Waals surface area contributed by atoms with Crippen molar-refractivity contribution in [1.82, 2.24) is 10.6 Å². The molecular weight excluding hydrogens is 436 g/mol. The van der Waals surface area contributed by atoms with E-state index in [1.165, 1.54) is 0 Å². The molecule has 2 amide bonds. The first-order chi connectivity index (χ1) is 16.5. The maximum Gasteiger partial charge on any atom is 0.407 e. The van der Waals surface area contributed by atoms with E-state index in [4.69, 9.17) is 9.47 Å². The minimum absolute atomic E-state index is 0.0495. The van der Waals surface area contributed by atoms with Crippen molar-refractivity contribution >= 4 is 18.0 Å². The number of nitrogens with one attached hydrogen (secondary N) is 2. The summed E-state index contributed by atoms with van der Waals surface area (Å²) in [5, 5.41) is 14.8. The van der Waals surface area contributed by atoms with E-state index >= 15 is 0 Å². The molecule has 1 saturated heterocycles. The van der Waals surface area contributed by atoms with Crippen molar-refractivity contribution in [3.05, 3.63) is 59.7 Å². The lowest BCUT2D eigenvalue weighted by atomic mass is 9.74. The SMILES string of the molecule is O=C(O)CC1(NC(=O)[C@H]2OCC[C@H]2NC(=O)OCC2c3ccccc3-c3ccccc32)CCC1. The first-order valence-corrected chi connectivity index (χ1v) is 11.7. The van der Waals surface area contributed by atoms with Gasteiger partial charge in [0.1, 0.15) is 6.61 Å². The van der Waals surface area contributed by atoms with Gasteiger partial charge in [-0.2, -0.15) is 0 Å². The third-order valence-corrected chi connectivity index (χ3v) is 7.19. The van der Waals surface area contributed by atoms with Gasteiger partial charge in [0, 0.05) is 12.5 Å². The molecule has 3 N–H and O–H groups in total. The second kappa shape index (κ2) is 9.10. The zero-order valence-corrected chi connectivity index (χ0v) is 18.8. The molecule has 2 fully saturated rings. The zero-order chi connectivity index (χ0) is 23.7. The van der Waals surface area contributed by atoms with Crippen LogP contribution in [0, 0.1) is 0 Å². The standard InChI is InChI=1S/C26H28N2O6/c29-22(30)14-26(11-5-12-26)28-24(31)23-21(10-13-33-23)27-25(32)34-15-20-18-8-3-1-6-16(18)17-7-2-4-9-19(17)20/h1-4,6-9,20-21,23H,5,10-15H2,(H,27,32)(H,28,31)(H,29,30)/t21-,23+/m1/s1. The summed E-state index contributed by atoms with van der Waals surface area (Å²) in [7, 11) is 0. The van der Waals surface area contributed by atoms with E-state index in [9.17, 15) is 19.5 Å². The van der Waals surface area contributed by atoms with E-state index < -0.39 is 29.7 Å². The molecule has 34 heavy (non-hydrogen) atoms. The molecule has 178 valence electrons. The maximum absolute atomic E-state index is 12.8. The molecule has 2 aromatic rings. The van der Waals surface area contributed by atoms with Gasteiger partial charge in [-0.15, -0.1) is 0 Å². The molecule has 2 aliphatic carbocycles. The Bertz CT molecular complexity index is 1070. The van der Waals surface area contributed by atoms with E-state index in [0.29, 0.717) is 25.9 Å². The van der Waals surface area contributed by atoms with Gasteiger partial charge in [0.25, 0.3) is 5.91 Å². The summed E-state index contributed by atoms with van der Waals surface area (Å²) in [6.07, 6.45) is 1.03. The van der Waals surface area contributed by atoms with Crippen molar-refractivity contribution in [2.75, 3.05) is 13.2 Å². The fourth-order valence-electron chi connectivity index (χ4n) is 5.36. The number of carboxylic acids is 1. The Kier molecular flexibility index (Phi) is 6.00. The Morgan fingerprint density at radius 3 is 2.26 bits per heavy atom. The van der Waals surface area contributed by atoms with Crippen LogP contribution in [0.15, 0.2) is 48.5 Å². The van der Waals surface area contributed by atoms with Gasteiger partial charge >= 0.3 is 12.1 Å². The quantitative estimate of drug-likeness (QED) is 0.580. The van der Waals surface area contributed by atoms with E-state index in [1.807, 2.05) is 24.3 Å². The number of rotatable bonds is 7. The number of carbonyl (C=O) groups excluding carboxylic acids is 2. The highest BCUT2D eigenvalue weighted by Crippen LogP contribution is 2.44. The van der Waals surface area contributed by atoms with Crippen LogP contribution in [0.2, 0.25) is 0 Å². The van der Waals surface area contributed by atoms with Gasteiger partial charge in [0.15, 0.2) is 6.10 Å². The average molecular weight is 465 g/mol. The van der Waals surface area contributed by atoms with Crippen LogP contribution in [0.25, 0.3) is 11.1 Å².